The molecule has 5 heterocycles. The molecule has 0 amide bonds. The van der Waals surface area contributed by atoms with Crippen LogP contribution in [0.4, 0.5) is 0 Å². The number of amidine groups is 1. The summed E-state index contributed by atoms with van der Waals surface area (Å²) in [7, 11) is 0. The molecule has 282 valence electrons. The fourth-order valence-electron chi connectivity index (χ4n) is 9.38. The first-order valence-corrected chi connectivity index (χ1v) is 20.4. The quantitative estimate of drug-likeness (QED) is 0.158. The summed E-state index contributed by atoms with van der Waals surface area (Å²) >= 11 is 0. The third kappa shape index (κ3) is 5.04. The fraction of sp³-hybridized carbons (Fsp3) is 0.0370. The van der Waals surface area contributed by atoms with E-state index in [2.05, 4.69) is 168 Å². The average molecular weight is 771 g/mol. The minimum atomic E-state index is -0.183. The molecule has 3 atom stereocenters. The zero-order valence-corrected chi connectivity index (χ0v) is 32.2. The predicted octanol–water partition coefficient (Wildman–Crippen LogP) is 13.7. The van der Waals surface area contributed by atoms with E-state index in [1.807, 2.05) is 36.5 Å². The van der Waals surface area contributed by atoms with Gasteiger partial charge in [0, 0.05) is 55.4 Å². The van der Waals surface area contributed by atoms with Gasteiger partial charge in [0.05, 0.1) is 5.52 Å². The maximum Gasteiger partial charge on any atom is 0.150 e. The third-order valence-electron chi connectivity index (χ3n) is 12.3. The summed E-state index contributed by atoms with van der Waals surface area (Å²) in [5, 5.41) is 10.4. The van der Waals surface area contributed by atoms with Crippen molar-refractivity contribution in [2.75, 3.05) is 0 Å². The Morgan fingerprint density at radius 2 is 0.917 bits per heavy atom. The van der Waals surface area contributed by atoms with Gasteiger partial charge in [-0.1, -0.05) is 170 Å². The average Bonchev–Trinajstić information content (AvgIpc) is 3.55. The highest BCUT2D eigenvalue weighted by Gasteiger charge is 2.57. The lowest BCUT2D eigenvalue weighted by atomic mass is 9.99. The van der Waals surface area contributed by atoms with Crippen molar-refractivity contribution < 1.29 is 8.83 Å². The molecule has 60 heavy (non-hydrogen) atoms. The number of nitrogens with zero attached hydrogens (tertiary/aromatic N) is 4. The molecule has 3 unspecified atom stereocenters. The van der Waals surface area contributed by atoms with E-state index in [0.29, 0.717) is 0 Å². The van der Waals surface area contributed by atoms with E-state index in [1.54, 1.807) is 0 Å². The van der Waals surface area contributed by atoms with Crippen molar-refractivity contribution in [2.45, 2.75) is 12.3 Å². The van der Waals surface area contributed by atoms with Crippen molar-refractivity contribution in [3.8, 4) is 33.4 Å². The summed E-state index contributed by atoms with van der Waals surface area (Å²) in [5.74, 6) is 0.956. The molecule has 0 radical (unpaired) electrons. The van der Waals surface area contributed by atoms with Crippen LogP contribution in [0, 0.1) is 0 Å². The van der Waals surface area contributed by atoms with Gasteiger partial charge in [-0.3, -0.25) is 9.99 Å². The van der Waals surface area contributed by atoms with Gasteiger partial charge in [0.2, 0.25) is 0 Å². The Labute approximate surface area is 344 Å². The Balaban J connectivity index is 0.866. The maximum absolute atomic E-state index is 6.40. The lowest BCUT2D eigenvalue weighted by molar-refractivity contribution is 0.341. The number of hydrazine groups is 1. The zero-order valence-electron chi connectivity index (χ0n) is 32.2. The summed E-state index contributed by atoms with van der Waals surface area (Å²) in [6.07, 6.45) is 1.71. The van der Waals surface area contributed by atoms with Crippen LogP contribution in [0.1, 0.15) is 29.0 Å². The summed E-state index contributed by atoms with van der Waals surface area (Å²) in [6, 6.07) is 66.3. The SMILES string of the molecule is c1cnc2c(-c3ccc(C4N=C(c5ccc(-c6cccc7c6oc6ccccc67)cc5)N5C(c6ccc(-c7cccc8c7oc7ccccc78)cc6)N45)cc3)cccc2c1. The Morgan fingerprint density at radius 1 is 0.417 bits per heavy atom. The molecule has 2 aliphatic heterocycles. The van der Waals surface area contributed by atoms with E-state index in [9.17, 15) is 0 Å². The molecular weight excluding hydrogens is 737 g/mol. The summed E-state index contributed by atoms with van der Waals surface area (Å²) in [6.45, 7) is 0. The first-order valence-electron chi connectivity index (χ1n) is 20.4. The molecule has 2 aliphatic rings. The normalized spacial score (nSPS) is 17.2. The number of hydrogen-bond donors (Lipinski definition) is 0. The minimum absolute atomic E-state index is 0.0319. The number of pyridine rings is 1. The molecule has 13 rings (SSSR count). The van der Waals surface area contributed by atoms with E-state index >= 15 is 0 Å². The number of para-hydroxylation sites is 5. The van der Waals surface area contributed by atoms with Crippen molar-refractivity contribution in [1.82, 2.24) is 15.0 Å². The molecule has 3 aromatic heterocycles. The number of aromatic nitrogens is 1. The number of benzene rings is 8. The second kappa shape index (κ2) is 12.9. The van der Waals surface area contributed by atoms with Gasteiger partial charge in [-0.25, -0.2) is 4.99 Å². The molecule has 0 N–H and O–H groups in total. The largest absolute Gasteiger partial charge is 0.455 e. The summed E-state index contributed by atoms with van der Waals surface area (Å²) in [5.41, 5.74) is 14.7. The van der Waals surface area contributed by atoms with Gasteiger partial charge in [-0.15, -0.1) is 0 Å². The molecule has 0 spiro atoms. The van der Waals surface area contributed by atoms with E-state index in [1.165, 1.54) is 5.56 Å². The monoisotopic (exact) mass is 770 g/mol. The molecule has 0 saturated carbocycles. The van der Waals surface area contributed by atoms with Crippen molar-refractivity contribution >= 4 is 60.6 Å². The number of rotatable bonds is 6. The first kappa shape index (κ1) is 33.2. The Morgan fingerprint density at radius 3 is 1.57 bits per heavy atom. The zero-order chi connectivity index (χ0) is 39.3. The molecule has 1 fully saturated rings. The van der Waals surface area contributed by atoms with Crippen LogP contribution in [0.15, 0.2) is 208 Å². The number of fused-ring (bicyclic) bond motifs is 8. The minimum Gasteiger partial charge on any atom is -0.455 e. The van der Waals surface area contributed by atoms with Gasteiger partial charge in [-0.2, -0.15) is 5.01 Å². The third-order valence-corrected chi connectivity index (χ3v) is 12.3. The van der Waals surface area contributed by atoms with Gasteiger partial charge < -0.3 is 8.83 Å². The van der Waals surface area contributed by atoms with E-state index in [4.69, 9.17) is 18.8 Å². The van der Waals surface area contributed by atoms with Crippen molar-refractivity contribution in [1.29, 1.82) is 0 Å². The maximum atomic E-state index is 6.40. The van der Waals surface area contributed by atoms with Crippen LogP contribution in [0.25, 0.3) is 88.2 Å². The van der Waals surface area contributed by atoms with Gasteiger partial charge in [0.15, 0.2) is 0 Å². The van der Waals surface area contributed by atoms with Crippen LogP contribution in [-0.2, 0) is 0 Å². The van der Waals surface area contributed by atoms with Crippen LogP contribution in [0.5, 0.6) is 0 Å². The smallest absolute Gasteiger partial charge is 0.150 e. The summed E-state index contributed by atoms with van der Waals surface area (Å²) in [4.78, 5) is 10.1. The second-order valence-corrected chi connectivity index (χ2v) is 15.7. The van der Waals surface area contributed by atoms with Crippen LogP contribution >= 0.6 is 0 Å². The fourth-order valence-corrected chi connectivity index (χ4v) is 9.38. The standard InChI is InChI=1S/C54H34N4O2/c1-3-18-47-43(11-1)45-16-6-14-41(50(45)59-47)34-22-28-38(29-23-34)53-56-52(37-26-20-33(21-27-37)40-13-5-9-36-10-8-32-55-49(36)40)57-54(58(53)57)39-30-24-35(25-31-39)42-15-7-17-46-44-12-2-4-19-48(44)60-51(42)46/h1-32,52,54H. The van der Waals surface area contributed by atoms with Crippen LogP contribution in [-0.4, -0.2) is 20.8 Å². The number of aliphatic imine (C=N–C) groups is 1. The lowest BCUT2D eigenvalue weighted by Gasteiger charge is -2.13. The van der Waals surface area contributed by atoms with Crippen LogP contribution in [0.3, 0.4) is 0 Å². The Hall–Kier alpha value is -7.80. The molecule has 0 aliphatic carbocycles. The highest BCUT2D eigenvalue weighted by atomic mass is 16.3. The number of hydrogen-bond acceptors (Lipinski definition) is 6. The molecule has 8 aromatic carbocycles. The molecular formula is C54H34N4O2. The van der Waals surface area contributed by atoms with Crippen LogP contribution in [0.2, 0.25) is 0 Å². The van der Waals surface area contributed by atoms with E-state index in [0.717, 1.165) is 105 Å². The Bertz CT molecular complexity index is 3500. The predicted molar refractivity (Wildman–Crippen MR) is 241 cm³/mol. The van der Waals surface area contributed by atoms with E-state index < -0.39 is 0 Å². The summed E-state index contributed by atoms with van der Waals surface area (Å²) < 4.78 is 12.8. The molecule has 11 aromatic rings. The van der Waals surface area contributed by atoms with Crippen molar-refractivity contribution in [2.24, 2.45) is 4.99 Å². The van der Waals surface area contributed by atoms with Gasteiger partial charge in [0.1, 0.15) is 40.5 Å². The number of furan rings is 2. The van der Waals surface area contributed by atoms with E-state index in [-0.39, 0.29) is 12.3 Å². The highest BCUT2D eigenvalue weighted by molar-refractivity contribution is 6.11. The topological polar surface area (TPSA) is 57.5 Å². The van der Waals surface area contributed by atoms with Gasteiger partial charge >= 0.3 is 0 Å². The van der Waals surface area contributed by atoms with Crippen molar-refractivity contribution in [3.63, 3.8) is 0 Å². The highest BCUT2D eigenvalue weighted by Crippen LogP contribution is 2.54. The Kier molecular flexibility index (Phi) is 7.11. The second-order valence-electron chi connectivity index (χ2n) is 15.7. The van der Waals surface area contributed by atoms with Gasteiger partial charge in [-0.05, 0) is 46.0 Å². The molecule has 1 saturated heterocycles. The first-order chi connectivity index (χ1) is 29.7. The molecule has 0 bridgehead atoms. The van der Waals surface area contributed by atoms with Gasteiger partial charge in [0.25, 0.3) is 0 Å². The lowest BCUT2D eigenvalue weighted by Crippen LogP contribution is -2.11. The molecule has 6 heteroatoms. The van der Waals surface area contributed by atoms with Crippen molar-refractivity contribution in [3.05, 3.63) is 211 Å². The molecule has 6 nitrogen and oxygen atoms in total. The van der Waals surface area contributed by atoms with Crippen LogP contribution < -0.4 is 0 Å².